The SMILES string of the molecule is CS(=O)(=O)c1ccc(-c2c(C#N)c(N)[nH]c(=O)c2C#N)c(Cl)c1. The highest BCUT2D eigenvalue weighted by Gasteiger charge is 2.21. The monoisotopic (exact) mass is 348 g/mol. The normalized spacial score (nSPS) is 10.8. The lowest BCUT2D eigenvalue weighted by Crippen LogP contribution is -2.16. The summed E-state index contributed by atoms with van der Waals surface area (Å²) in [5.41, 5.74) is 4.55. The summed E-state index contributed by atoms with van der Waals surface area (Å²) in [7, 11) is -3.48. The van der Waals surface area contributed by atoms with E-state index in [0.29, 0.717) is 0 Å². The van der Waals surface area contributed by atoms with E-state index in [0.717, 1.165) is 6.26 Å². The number of pyridine rings is 1. The van der Waals surface area contributed by atoms with Gasteiger partial charge in [-0.3, -0.25) is 4.79 Å². The van der Waals surface area contributed by atoms with E-state index in [1.165, 1.54) is 18.2 Å². The van der Waals surface area contributed by atoms with Crippen LogP contribution in [-0.2, 0) is 9.84 Å². The molecule has 1 heterocycles. The molecule has 0 spiro atoms. The van der Waals surface area contributed by atoms with Crippen LogP contribution in [0.3, 0.4) is 0 Å². The van der Waals surface area contributed by atoms with Gasteiger partial charge in [0.15, 0.2) is 9.84 Å². The zero-order chi connectivity index (χ0) is 17.4. The van der Waals surface area contributed by atoms with Crippen molar-refractivity contribution < 1.29 is 8.42 Å². The first kappa shape index (κ1) is 16.6. The third-order valence-electron chi connectivity index (χ3n) is 3.11. The van der Waals surface area contributed by atoms with Gasteiger partial charge < -0.3 is 10.7 Å². The number of nitrogen functional groups attached to an aromatic ring is 1. The molecule has 2 aromatic rings. The first-order valence-electron chi connectivity index (χ1n) is 6.06. The molecule has 0 atom stereocenters. The number of H-pyrrole nitrogens is 1. The van der Waals surface area contributed by atoms with Gasteiger partial charge in [-0.15, -0.1) is 0 Å². The molecular formula is C14H9ClN4O3S. The number of nitriles is 2. The van der Waals surface area contributed by atoms with Gasteiger partial charge in [-0.05, 0) is 12.1 Å². The van der Waals surface area contributed by atoms with Crippen LogP contribution in [0.4, 0.5) is 5.82 Å². The largest absolute Gasteiger partial charge is 0.384 e. The van der Waals surface area contributed by atoms with E-state index in [-0.39, 0.29) is 38.0 Å². The summed E-state index contributed by atoms with van der Waals surface area (Å²) in [4.78, 5) is 14.1. The Kier molecular flexibility index (Phi) is 4.15. The molecule has 1 aromatic carbocycles. The van der Waals surface area contributed by atoms with Gasteiger partial charge in [0.2, 0.25) is 0 Å². The third-order valence-corrected chi connectivity index (χ3v) is 4.53. The van der Waals surface area contributed by atoms with Crippen molar-refractivity contribution in [2.24, 2.45) is 0 Å². The third kappa shape index (κ3) is 2.90. The molecule has 7 nitrogen and oxygen atoms in total. The number of aromatic amines is 1. The van der Waals surface area contributed by atoms with Gasteiger partial charge >= 0.3 is 0 Å². The van der Waals surface area contributed by atoms with Gasteiger partial charge in [0.25, 0.3) is 5.56 Å². The number of nitrogens with zero attached hydrogens (tertiary/aromatic N) is 2. The highest BCUT2D eigenvalue weighted by Crippen LogP contribution is 2.34. The molecule has 0 aliphatic rings. The number of benzene rings is 1. The minimum absolute atomic E-state index is 0.0223. The minimum Gasteiger partial charge on any atom is -0.384 e. The Bertz CT molecular complexity index is 1060. The lowest BCUT2D eigenvalue weighted by atomic mass is 9.96. The number of anilines is 1. The van der Waals surface area contributed by atoms with E-state index in [9.17, 15) is 23.7 Å². The molecule has 0 saturated heterocycles. The van der Waals surface area contributed by atoms with Crippen LogP contribution in [0.25, 0.3) is 11.1 Å². The highest BCUT2D eigenvalue weighted by atomic mass is 35.5. The number of sulfone groups is 1. The molecule has 0 fully saturated rings. The van der Waals surface area contributed by atoms with Gasteiger partial charge in [0.1, 0.15) is 29.1 Å². The van der Waals surface area contributed by atoms with Crippen LogP contribution in [0.15, 0.2) is 27.9 Å². The second kappa shape index (κ2) is 5.76. The predicted molar refractivity (Wildman–Crippen MR) is 84.5 cm³/mol. The Morgan fingerprint density at radius 2 is 1.83 bits per heavy atom. The second-order valence-corrected chi connectivity index (χ2v) is 7.05. The Balaban J connectivity index is 2.91. The average molecular weight is 349 g/mol. The summed E-state index contributed by atoms with van der Waals surface area (Å²) < 4.78 is 23.1. The van der Waals surface area contributed by atoms with E-state index >= 15 is 0 Å². The van der Waals surface area contributed by atoms with Gasteiger partial charge in [0, 0.05) is 22.4 Å². The summed E-state index contributed by atoms with van der Waals surface area (Å²) >= 11 is 6.10. The van der Waals surface area contributed by atoms with E-state index in [4.69, 9.17) is 17.3 Å². The molecule has 2 rings (SSSR count). The fraction of sp³-hybridized carbons (Fsp3) is 0.0714. The van der Waals surface area contributed by atoms with Crippen molar-refractivity contribution in [2.75, 3.05) is 12.0 Å². The van der Waals surface area contributed by atoms with Crippen LogP contribution in [0, 0.1) is 22.7 Å². The first-order chi connectivity index (χ1) is 10.7. The van der Waals surface area contributed by atoms with Crippen molar-refractivity contribution in [3.8, 4) is 23.3 Å². The molecule has 0 aliphatic heterocycles. The van der Waals surface area contributed by atoms with Gasteiger partial charge in [-0.1, -0.05) is 17.7 Å². The topological polar surface area (TPSA) is 141 Å². The molecule has 1 aromatic heterocycles. The van der Waals surface area contributed by atoms with Crippen LogP contribution >= 0.6 is 11.6 Å². The molecule has 3 N–H and O–H groups in total. The maximum absolute atomic E-state index is 11.9. The Hall–Kier alpha value is -2.81. The number of rotatable bonds is 2. The summed E-state index contributed by atoms with van der Waals surface area (Å²) in [6.07, 6.45) is 1.02. The number of hydrogen-bond donors (Lipinski definition) is 2. The standard InChI is InChI=1S/C14H9ClN4O3S/c1-23(21,22)7-2-3-8(11(15)4-7)12-9(5-16)13(18)19-14(20)10(12)6-17/h2-4H,1H3,(H3,18,19,20). The number of hydrogen-bond acceptors (Lipinski definition) is 6. The summed E-state index contributed by atoms with van der Waals surface area (Å²) in [6, 6.07) is 7.31. The number of nitrogens with two attached hydrogens (primary N) is 1. The molecule has 23 heavy (non-hydrogen) atoms. The van der Waals surface area contributed by atoms with Crippen molar-refractivity contribution in [2.45, 2.75) is 4.90 Å². The average Bonchev–Trinajstić information content (AvgIpc) is 2.45. The Morgan fingerprint density at radius 3 is 2.30 bits per heavy atom. The Labute approximate surface area is 136 Å². The molecule has 9 heteroatoms. The van der Waals surface area contributed by atoms with Gasteiger partial charge in [0.05, 0.1) is 4.90 Å². The quantitative estimate of drug-likeness (QED) is 0.840. The predicted octanol–water partition coefficient (Wildman–Crippen LogP) is 1.42. The van der Waals surface area contributed by atoms with Crippen molar-refractivity contribution in [1.29, 1.82) is 10.5 Å². The molecule has 0 radical (unpaired) electrons. The molecule has 0 aliphatic carbocycles. The number of halogens is 1. The van der Waals surface area contributed by atoms with Crippen molar-refractivity contribution in [3.63, 3.8) is 0 Å². The number of aromatic nitrogens is 1. The van der Waals surface area contributed by atoms with E-state index in [1.54, 1.807) is 6.07 Å². The molecule has 0 amide bonds. The van der Waals surface area contributed by atoms with Crippen molar-refractivity contribution in [3.05, 3.63) is 44.7 Å². The molecule has 116 valence electrons. The maximum atomic E-state index is 11.9. The lowest BCUT2D eigenvalue weighted by Gasteiger charge is -2.11. The van der Waals surface area contributed by atoms with Gasteiger partial charge in [-0.2, -0.15) is 10.5 Å². The molecule has 0 bridgehead atoms. The zero-order valence-corrected chi connectivity index (χ0v) is 13.3. The molecule has 0 unspecified atom stereocenters. The lowest BCUT2D eigenvalue weighted by molar-refractivity contribution is 0.602. The van der Waals surface area contributed by atoms with Crippen LogP contribution in [-0.4, -0.2) is 19.7 Å². The van der Waals surface area contributed by atoms with Crippen molar-refractivity contribution >= 4 is 27.3 Å². The van der Waals surface area contributed by atoms with Crippen LogP contribution in [0.2, 0.25) is 5.02 Å². The number of nitrogens with one attached hydrogen (secondary N) is 1. The van der Waals surface area contributed by atoms with Crippen LogP contribution in [0.5, 0.6) is 0 Å². The molecule has 0 saturated carbocycles. The van der Waals surface area contributed by atoms with Crippen LogP contribution < -0.4 is 11.3 Å². The second-order valence-electron chi connectivity index (χ2n) is 4.63. The van der Waals surface area contributed by atoms with E-state index in [1.807, 2.05) is 6.07 Å². The zero-order valence-electron chi connectivity index (χ0n) is 11.7. The smallest absolute Gasteiger partial charge is 0.268 e. The Morgan fingerprint density at radius 1 is 1.22 bits per heavy atom. The summed E-state index contributed by atoms with van der Waals surface area (Å²) in [5, 5.41) is 18.4. The summed E-state index contributed by atoms with van der Waals surface area (Å²) in [5.74, 6) is -0.199. The first-order valence-corrected chi connectivity index (χ1v) is 8.33. The fourth-order valence-electron chi connectivity index (χ4n) is 2.04. The van der Waals surface area contributed by atoms with Crippen LogP contribution in [0.1, 0.15) is 11.1 Å². The van der Waals surface area contributed by atoms with E-state index < -0.39 is 15.4 Å². The molecular weight excluding hydrogens is 340 g/mol. The fourth-order valence-corrected chi connectivity index (χ4v) is 3.03. The maximum Gasteiger partial charge on any atom is 0.268 e. The van der Waals surface area contributed by atoms with E-state index in [2.05, 4.69) is 4.98 Å². The summed E-state index contributed by atoms with van der Waals surface area (Å²) in [6.45, 7) is 0. The van der Waals surface area contributed by atoms with Gasteiger partial charge in [-0.25, -0.2) is 8.42 Å². The highest BCUT2D eigenvalue weighted by molar-refractivity contribution is 7.90. The van der Waals surface area contributed by atoms with Crippen molar-refractivity contribution in [1.82, 2.24) is 4.98 Å². The minimum atomic E-state index is -3.48.